The van der Waals surface area contributed by atoms with Crippen molar-refractivity contribution in [3.8, 4) is 10.6 Å². The minimum atomic E-state index is 0.965. The fourth-order valence-electron chi connectivity index (χ4n) is 1.29. The molecule has 0 spiro atoms. The van der Waals surface area contributed by atoms with Crippen LogP contribution in [-0.2, 0) is 0 Å². The zero-order valence-electron chi connectivity index (χ0n) is 8.11. The molecule has 0 aliphatic heterocycles. The van der Waals surface area contributed by atoms with Crippen LogP contribution in [0.25, 0.3) is 10.6 Å². The van der Waals surface area contributed by atoms with Gasteiger partial charge in [0.15, 0.2) is 0 Å². The molecule has 3 nitrogen and oxygen atoms in total. The minimum Gasteiger partial charge on any atom is -0.388 e. The predicted octanol–water partition coefficient (Wildman–Crippen LogP) is 2.56. The molecule has 0 unspecified atom stereocenters. The summed E-state index contributed by atoms with van der Waals surface area (Å²) in [6.07, 6.45) is 0. The van der Waals surface area contributed by atoms with E-state index in [-0.39, 0.29) is 0 Å². The number of aryl methyl sites for hydroxylation is 1. The molecule has 0 atom stereocenters. The lowest BCUT2D eigenvalue weighted by Gasteiger charge is -2.04. The molecule has 1 heterocycles. The van der Waals surface area contributed by atoms with Gasteiger partial charge < -0.3 is 5.32 Å². The van der Waals surface area contributed by atoms with E-state index in [0.717, 1.165) is 21.3 Å². The molecule has 0 fully saturated rings. The SMILES string of the molecule is CNc1ccccc1-c1nnc(C)s1. The van der Waals surface area contributed by atoms with E-state index >= 15 is 0 Å². The maximum Gasteiger partial charge on any atom is 0.149 e. The predicted molar refractivity (Wildman–Crippen MR) is 59.6 cm³/mol. The lowest BCUT2D eigenvalue weighted by Crippen LogP contribution is -1.90. The highest BCUT2D eigenvalue weighted by Gasteiger charge is 2.07. The maximum atomic E-state index is 4.12. The van der Waals surface area contributed by atoms with E-state index in [9.17, 15) is 0 Å². The first-order valence-corrected chi connectivity index (χ1v) is 5.20. The van der Waals surface area contributed by atoms with Crippen LogP contribution < -0.4 is 5.32 Å². The summed E-state index contributed by atoms with van der Waals surface area (Å²) in [5.74, 6) is 0. The van der Waals surface area contributed by atoms with Crippen LogP contribution in [0.1, 0.15) is 5.01 Å². The van der Waals surface area contributed by atoms with Crippen LogP contribution in [0, 0.1) is 6.92 Å². The number of hydrogen-bond acceptors (Lipinski definition) is 4. The molecule has 1 aromatic heterocycles. The number of rotatable bonds is 2. The smallest absolute Gasteiger partial charge is 0.149 e. The van der Waals surface area contributed by atoms with Gasteiger partial charge in [0, 0.05) is 18.3 Å². The Balaban J connectivity index is 2.50. The van der Waals surface area contributed by atoms with Gasteiger partial charge in [-0.25, -0.2) is 0 Å². The summed E-state index contributed by atoms with van der Waals surface area (Å²) in [6.45, 7) is 1.96. The molecular formula is C10H11N3S. The first-order chi connectivity index (χ1) is 6.81. The average molecular weight is 205 g/mol. The Kier molecular flexibility index (Phi) is 2.45. The second-order valence-corrected chi connectivity index (χ2v) is 4.10. The Morgan fingerprint density at radius 1 is 1.21 bits per heavy atom. The van der Waals surface area contributed by atoms with Crippen LogP contribution in [-0.4, -0.2) is 17.2 Å². The van der Waals surface area contributed by atoms with Gasteiger partial charge in [0.2, 0.25) is 0 Å². The summed E-state index contributed by atoms with van der Waals surface area (Å²) in [4.78, 5) is 0. The number of hydrogen-bond donors (Lipinski definition) is 1. The van der Waals surface area contributed by atoms with Crippen LogP contribution in [0.3, 0.4) is 0 Å². The van der Waals surface area contributed by atoms with Crippen molar-refractivity contribution in [2.75, 3.05) is 12.4 Å². The van der Waals surface area contributed by atoms with Crippen molar-refractivity contribution in [1.82, 2.24) is 10.2 Å². The number of benzene rings is 1. The summed E-state index contributed by atoms with van der Waals surface area (Å²) in [6, 6.07) is 8.09. The van der Waals surface area contributed by atoms with E-state index in [1.54, 1.807) is 11.3 Å². The van der Waals surface area contributed by atoms with E-state index in [0.29, 0.717) is 0 Å². The minimum absolute atomic E-state index is 0.965. The molecule has 0 radical (unpaired) electrons. The van der Waals surface area contributed by atoms with Gasteiger partial charge in [-0.2, -0.15) is 0 Å². The molecule has 2 aromatic rings. The van der Waals surface area contributed by atoms with E-state index in [1.165, 1.54) is 0 Å². The summed E-state index contributed by atoms with van der Waals surface area (Å²) < 4.78 is 0. The van der Waals surface area contributed by atoms with E-state index in [4.69, 9.17) is 0 Å². The molecule has 0 saturated heterocycles. The van der Waals surface area contributed by atoms with Crippen molar-refractivity contribution >= 4 is 17.0 Å². The molecule has 0 saturated carbocycles. The largest absolute Gasteiger partial charge is 0.388 e. The number of nitrogens with one attached hydrogen (secondary N) is 1. The van der Waals surface area contributed by atoms with Crippen molar-refractivity contribution in [3.05, 3.63) is 29.3 Å². The summed E-state index contributed by atoms with van der Waals surface area (Å²) in [5, 5.41) is 13.2. The van der Waals surface area contributed by atoms with Gasteiger partial charge in [-0.05, 0) is 19.1 Å². The Morgan fingerprint density at radius 2 is 2.00 bits per heavy atom. The van der Waals surface area contributed by atoms with Gasteiger partial charge in [0.25, 0.3) is 0 Å². The summed E-state index contributed by atoms with van der Waals surface area (Å²) >= 11 is 1.61. The zero-order valence-corrected chi connectivity index (χ0v) is 8.93. The molecule has 0 aliphatic carbocycles. The Hall–Kier alpha value is -1.42. The molecule has 0 bridgehead atoms. The van der Waals surface area contributed by atoms with Crippen molar-refractivity contribution in [1.29, 1.82) is 0 Å². The lowest BCUT2D eigenvalue weighted by atomic mass is 10.2. The standard InChI is InChI=1S/C10H11N3S/c1-7-12-13-10(14-7)8-5-3-4-6-9(8)11-2/h3-6,11H,1-2H3. The molecular weight excluding hydrogens is 194 g/mol. The molecule has 72 valence electrons. The maximum absolute atomic E-state index is 4.12. The second kappa shape index (κ2) is 3.75. The van der Waals surface area contributed by atoms with Crippen molar-refractivity contribution in [3.63, 3.8) is 0 Å². The van der Waals surface area contributed by atoms with Crippen molar-refractivity contribution in [2.24, 2.45) is 0 Å². The monoisotopic (exact) mass is 205 g/mol. The first kappa shape index (κ1) is 9.15. The molecule has 4 heteroatoms. The second-order valence-electron chi connectivity index (χ2n) is 2.92. The highest BCUT2D eigenvalue weighted by Crippen LogP contribution is 2.29. The topological polar surface area (TPSA) is 37.8 Å². The van der Waals surface area contributed by atoms with Gasteiger partial charge in [-0.3, -0.25) is 0 Å². The molecule has 0 amide bonds. The number of anilines is 1. The van der Waals surface area contributed by atoms with Crippen LogP contribution in [0.15, 0.2) is 24.3 Å². The van der Waals surface area contributed by atoms with Crippen molar-refractivity contribution < 1.29 is 0 Å². The molecule has 14 heavy (non-hydrogen) atoms. The molecule has 0 aliphatic rings. The Morgan fingerprint density at radius 3 is 2.64 bits per heavy atom. The number of nitrogens with zero attached hydrogens (tertiary/aromatic N) is 2. The van der Waals surface area contributed by atoms with E-state index < -0.39 is 0 Å². The van der Waals surface area contributed by atoms with Crippen LogP contribution >= 0.6 is 11.3 Å². The third kappa shape index (κ3) is 1.61. The number of aromatic nitrogens is 2. The third-order valence-corrected chi connectivity index (χ3v) is 2.82. The highest BCUT2D eigenvalue weighted by atomic mass is 32.1. The van der Waals surface area contributed by atoms with Gasteiger partial charge in [0.05, 0.1) is 0 Å². The van der Waals surface area contributed by atoms with Crippen LogP contribution in [0.4, 0.5) is 5.69 Å². The normalized spacial score (nSPS) is 10.1. The van der Waals surface area contributed by atoms with Gasteiger partial charge in [0.1, 0.15) is 10.0 Å². The molecule has 1 aromatic carbocycles. The first-order valence-electron chi connectivity index (χ1n) is 4.38. The fraction of sp³-hybridized carbons (Fsp3) is 0.200. The Labute approximate surface area is 86.8 Å². The van der Waals surface area contributed by atoms with Crippen molar-refractivity contribution in [2.45, 2.75) is 6.92 Å². The summed E-state index contributed by atoms with van der Waals surface area (Å²) in [7, 11) is 1.91. The van der Waals surface area contributed by atoms with Crippen LogP contribution in [0.2, 0.25) is 0 Å². The zero-order chi connectivity index (χ0) is 9.97. The van der Waals surface area contributed by atoms with Gasteiger partial charge in [-0.15, -0.1) is 10.2 Å². The van der Waals surface area contributed by atoms with E-state index in [2.05, 4.69) is 15.5 Å². The van der Waals surface area contributed by atoms with Crippen LogP contribution in [0.5, 0.6) is 0 Å². The molecule has 2 rings (SSSR count). The summed E-state index contributed by atoms with van der Waals surface area (Å²) in [5.41, 5.74) is 2.20. The Bertz CT molecular complexity index is 436. The number of para-hydroxylation sites is 1. The third-order valence-electron chi connectivity index (χ3n) is 1.95. The average Bonchev–Trinajstić information content (AvgIpc) is 2.65. The molecule has 1 N–H and O–H groups in total. The van der Waals surface area contributed by atoms with E-state index in [1.807, 2.05) is 38.2 Å². The fourth-order valence-corrected chi connectivity index (χ4v) is 2.02. The van der Waals surface area contributed by atoms with Gasteiger partial charge in [-0.1, -0.05) is 23.5 Å². The lowest BCUT2D eigenvalue weighted by molar-refractivity contribution is 1.05. The highest BCUT2D eigenvalue weighted by molar-refractivity contribution is 7.14. The quantitative estimate of drug-likeness (QED) is 0.818. The van der Waals surface area contributed by atoms with Gasteiger partial charge >= 0.3 is 0 Å².